The van der Waals surface area contributed by atoms with E-state index in [0.717, 1.165) is 21.4 Å². The second-order valence-corrected chi connectivity index (χ2v) is 7.19. The number of rotatable bonds is 4. The van der Waals surface area contributed by atoms with Crippen LogP contribution in [-0.4, -0.2) is 20.9 Å². The molecule has 5 nitrogen and oxygen atoms in total. The summed E-state index contributed by atoms with van der Waals surface area (Å²) in [6.45, 7) is 1.82. The molecule has 0 radical (unpaired) electrons. The van der Waals surface area contributed by atoms with E-state index in [1.165, 1.54) is 0 Å². The molecule has 2 aromatic carbocycles. The van der Waals surface area contributed by atoms with Gasteiger partial charge in [-0.1, -0.05) is 41.9 Å². The van der Waals surface area contributed by atoms with Gasteiger partial charge in [0.1, 0.15) is 5.82 Å². The van der Waals surface area contributed by atoms with Crippen molar-refractivity contribution in [3.63, 3.8) is 0 Å². The average Bonchev–Trinajstić information content (AvgIpc) is 3.24. The van der Waals surface area contributed by atoms with Crippen molar-refractivity contribution in [3.8, 4) is 22.6 Å². The fourth-order valence-corrected chi connectivity index (χ4v) is 3.36. The topological polar surface area (TPSA) is 61.9 Å². The number of nitrogens with one attached hydrogen (secondary N) is 1. The Hall–Kier alpha value is -3.15. The summed E-state index contributed by atoms with van der Waals surface area (Å²) in [6.07, 6.45) is 3.32. The Morgan fingerprint density at radius 1 is 1.03 bits per heavy atom. The first kappa shape index (κ1) is 19.2. The molecule has 0 unspecified atom stereocenters. The van der Waals surface area contributed by atoms with E-state index >= 15 is 0 Å². The number of pyridine rings is 1. The highest BCUT2D eigenvalue weighted by Gasteiger charge is 2.18. The highest BCUT2D eigenvalue weighted by Crippen LogP contribution is 2.32. The van der Waals surface area contributed by atoms with Gasteiger partial charge in [0, 0.05) is 34.8 Å². The smallest absolute Gasteiger partial charge is 0.273 e. The molecule has 2 aromatic heterocycles. The van der Waals surface area contributed by atoms with Gasteiger partial charge in [-0.15, -0.1) is 0 Å². The van der Waals surface area contributed by atoms with Crippen molar-refractivity contribution < 1.29 is 4.79 Å². The molecule has 4 aromatic rings. The molecule has 0 spiro atoms. The van der Waals surface area contributed by atoms with E-state index in [2.05, 4.69) is 15.0 Å². The molecular weight excluding hydrogens is 407 g/mol. The summed E-state index contributed by atoms with van der Waals surface area (Å²) in [4.78, 5) is 24.5. The number of aromatic nitrogens is 3. The number of hydrogen-bond acceptors (Lipinski definition) is 3. The largest absolute Gasteiger partial charge is 0.338 e. The zero-order chi connectivity index (χ0) is 20.4. The van der Waals surface area contributed by atoms with Crippen LogP contribution in [0.15, 0.2) is 73.1 Å². The Morgan fingerprint density at radius 3 is 2.59 bits per heavy atom. The monoisotopic (exact) mass is 422 g/mol. The lowest BCUT2D eigenvalue weighted by Gasteiger charge is -2.15. The molecule has 2 heterocycles. The minimum absolute atomic E-state index is 0.352. The van der Waals surface area contributed by atoms with Crippen molar-refractivity contribution in [2.45, 2.75) is 6.92 Å². The summed E-state index contributed by atoms with van der Waals surface area (Å²) >= 11 is 12.7. The number of anilines is 1. The summed E-state index contributed by atoms with van der Waals surface area (Å²) in [7, 11) is 0. The van der Waals surface area contributed by atoms with Crippen molar-refractivity contribution in [2.75, 3.05) is 4.42 Å². The minimum atomic E-state index is -0.352. The van der Waals surface area contributed by atoms with E-state index < -0.39 is 0 Å². The lowest BCUT2D eigenvalue weighted by atomic mass is 10.1. The molecule has 7 heteroatoms. The second-order valence-electron chi connectivity index (χ2n) is 6.45. The number of aromatic amines is 1. The third kappa shape index (κ3) is 4.01. The van der Waals surface area contributed by atoms with Crippen LogP contribution in [0.2, 0.25) is 5.02 Å². The molecule has 0 atom stereocenters. The number of nitrogens with zero attached hydrogens (tertiary/aromatic N) is 3. The third-order valence-corrected chi connectivity index (χ3v) is 5.09. The molecule has 0 aliphatic rings. The molecule has 0 aliphatic heterocycles. The Balaban J connectivity index is 1.66. The summed E-state index contributed by atoms with van der Waals surface area (Å²) in [5.74, 6) is 0.239. The lowest BCUT2D eigenvalue weighted by Crippen LogP contribution is -2.21. The maximum atomic E-state index is 12.7. The van der Waals surface area contributed by atoms with Crippen LogP contribution in [0.1, 0.15) is 16.1 Å². The molecule has 0 fully saturated rings. The number of halogens is 2. The molecule has 1 amide bonds. The molecule has 29 heavy (non-hydrogen) atoms. The summed E-state index contributed by atoms with van der Waals surface area (Å²) in [6, 6.07) is 18.3. The van der Waals surface area contributed by atoms with Crippen molar-refractivity contribution in [3.05, 3.63) is 89.3 Å². The van der Waals surface area contributed by atoms with Gasteiger partial charge in [0.2, 0.25) is 0 Å². The number of carbonyl (C=O) groups is 1. The van der Waals surface area contributed by atoms with Gasteiger partial charge < -0.3 is 4.98 Å². The van der Waals surface area contributed by atoms with Crippen LogP contribution in [0, 0.1) is 6.92 Å². The zero-order valence-corrected chi connectivity index (χ0v) is 16.9. The van der Waals surface area contributed by atoms with Gasteiger partial charge in [-0.3, -0.25) is 9.78 Å². The predicted molar refractivity (Wildman–Crippen MR) is 116 cm³/mol. The van der Waals surface area contributed by atoms with Crippen LogP contribution < -0.4 is 4.42 Å². The predicted octanol–water partition coefficient (Wildman–Crippen LogP) is 5.90. The highest BCUT2D eigenvalue weighted by molar-refractivity contribution is 6.39. The van der Waals surface area contributed by atoms with E-state index in [1.807, 2.05) is 37.3 Å². The first-order valence-electron chi connectivity index (χ1n) is 8.86. The standard InChI is InChI=1S/C22H16Cl2N4O/c1-14-11-16(9-10-25-14)22(29)28(24)17-7-8-19(23)18(12-17)21-26-13-20(27-21)15-5-3-2-4-6-15/h2-13H,1H3,(H,26,27). The molecular formula is C22H16Cl2N4O. The van der Waals surface area contributed by atoms with Gasteiger partial charge >= 0.3 is 0 Å². The van der Waals surface area contributed by atoms with Crippen molar-refractivity contribution in [1.82, 2.24) is 15.0 Å². The molecule has 0 saturated carbocycles. The van der Waals surface area contributed by atoms with Crippen molar-refractivity contribution >= 4 is 35.0 Å². The van der Waals surface area contributed by atoms with Crippen molar-refractivity contribution in [1.29, 1.82) is 0 Å². The fraction of sp³-hybridized carbons (Fsp3) is 0.0455. The first-order valence-corrected chi connectivity index (χ1v) is 9.58. The molecule has 0 aliphatic carbocycles. The highest BCUT2D eigenvalue weighted by atomic mass is 35.5. The summed E-state index contributed by atoms with van der Waals surface area (Å²) in [5, 5.41) is 0.500. The van der Waals surface area contributed by atoms with E-state index in [0.29, 0.717) is 27.7 Å². The van der Waals surface area contributed by atoms with Crippen molar-refractivity contribution in [2.24, 2.45) is 0 Å². The minimum Gasteiger partial charge on any atom is -0.338 e. The van der Waals surface area contributed by atoms with Gasteiger partial charge in [0.25, 0.3) is 5.91 Å². The van der Waals surface area contributed by atoms with E-state index in [4.69, 9.17) is 23.4 Å². The van der Waals surface area contributed by atoms with Crippen LogP contribution in [-0.2, 0) is 0 Å². The fourth-order valence-electron chi connectivity index (χ4n) is 2.95. The molecule has 0 saturated heterocycles. The normalized spacial score (nSPS) is 10.7. The number of H-pyrrole nitrogens is 1. The SMILES string of the molecule is Cc1cc(C(=O)N(Cl)c2ccc(Cl)c(-c3ncc(-c4ccccc4)[nH]3)c2)ccn1. The number of benzene rings is 2. The van der Waals surface area contributed by atoms with E-state index in [-0.39, 0.29) is 5.91 Å². The first-order chi connectivity index (χ1) is 14.0. The molecule has 1 N–H and O–H groups in total. The Labute approximate surface area is 178 Å². The average molecular weight is 423 g/mol. The maximum Gasteiger partial charge on any atom is 0.273 e. The summed E-state index contributed by atoms with van der Waals surface area (Å²) in [5.41, 5.74) is 4.21. The van der Waals surface area contributed by atoms with E-state index in [1.54, 1.807) is 42.7 Å². The second kappa shape index (κ2) is 8.07. The number of aryl methyl sites for hydroxylation is 1. The van der Waals surface area contributed by atoms with Gasteiger partial charge in [0.15, 0.2) is 0 Å². The van der Waals surface area contributed by atoms with Crippen LogP contribution in [0.5, 0.6) is 0 Å². The van der Waals surface area contributed by atoms with E-state index in [9.17, 15) is 4.79 Å². The van der Waals surface area contributed by atoms with Gasteiger partial charge in [-0.25, -0.2) is 9.40 Å². The lowest BCUT2D eigenvalue weighted by molar-refractivity contribution is 0.101. The molecule has 144 valence electrons. The number of amides is 1. The van der Waals surface area contributed by atoms with Gasteiger partial charge in [0.05, 0.1) is 22.6 Å². The molecule has 4 rings (SSSR count). The van der Waals surface area contributed by atoms with Gasteiger partial charge in [-0.05, 0) is 42.8 Å². The number of hydrogen-bond donors (Lipinski definition) is 1. The van der Waals surface area contributed by atoms with Gasteiger partial charge in [-0.2, -0.15) is 0 Å². The Kier molecular flexibility index (Phi) is 5.34. The Bertz CT molecular complexity index is 1170. The maximum absolute atomic E-state index is 12.7. The van der Waals surface area contributed by atoms with Crippen LogP contribution in [0.4, 0.5) is 5.69 Å². The van der Waals surface area contributed by atoms with Crippen LogP contribution in [0.3, 0.4) is 0 Å². The quantitative estimate of drug-likeness (QED) is 0.416. The van der Waals surface area contributed by atoms with Crippen LogP contribution in [0.25, 0.3) is 22.6 Å². The van der Waals surface area contributed by atoms with Crippen LogP contribution >= 0.6 is 23.4 Å². The zero-order valence-electron chi connectivity index (χ0n) is 15.4. The molecule has 0 bridgehead atoms. The number of carbonyl (C=O) groups excluding carboxylic acids is 1. The Morgan fingerprint density at radius 2 is 1.83 bits per heavy atom. The summed E-state index contributed by atoms with van der Waals surface area (Å²) < 4.78 is 1.07. The third-order valence-electron chi connectivity index (χ3n) is 4.41. The number of imidazole rings is 1.